The maximum Gasteiger partial charge on any atom is 0.120 e. The smallest absolute Gasteiger partial charge is 0.120 e. The first kappa shape index (κ1) is 27.0. The Kier molecular flexibility index (Phi) is 7.34. The molecule has 0 heterocycles. The van der Waals surface area contributed by atoms with Crippen molar-refractivity contribution in [1.29, 1.82) is 0 Å². The number of rotatable bonds is 0. The summed E-state index contributed by atoms with van der Waals surface area (Å²) in [5.41, 5.74) is -0.00234. The van der Waals surface area contributed by atoms with Crippen LogP contribution in [0.1, 0.15) is 38.8 Å². The van der Waals surface area contributed by atoms with Crippen LogP contribution in [0, 0.1) is 23.7 Å². The van der Waals surface area contributed by atoms with Gasteiger partial charge >= 0.3 is 0 Å². The average Bonchev–Trinajstić information content (AvgIpc) is 2.92. The van der Waals surface area contributed by atoms with Gasteiger partial charge in [-0.1, -0.05) is 121 Å². The summed E-state index contributed by atoms with van der Waals surface area (Å²) < 4.78 is 0. The maximum absolute atomic E-state index is 9.85. The van der Waals surface area contributed by atoms with Gasteiger partial charge in [0.05, 0.1) is 0 Å². The minimum atomic E-state index is -0.988. The molecule has 40 heavy (non-hydrogen) atoms. The Labute approximate surface area is 235 Å². The lowest BCUT2D eigenvalue weighted by atomic mass is 9.96. The molecule has 0 atom stereocenters. The van der Waals surface area contributed by atoms with Gasteiger partial charge in [-0.25, -0.2) is 0 Å². The monoisotopic (exact) mass is 520 g/mol. The van der Waals surface area contributed by atoms with Crippen LogP contribution in [0.3, 0.4) is 0 Å². The molecule has 0 aromatic heterocycles. The Morgan fingerprint density at radius 2 is 0.675 bits per heavy atom. The third-order valence-electron chi connectivity index (χ3n) is 6.53. The summed E-state index contributed by atoms with van der Waals surface area (Å²) in [5, 5.41) is 28.9. The molecule has 6 aromatic rings. The lowest BCUT2D eigenvalue weighted by Gasteiger charge is -2.09. The molecular weight excluding hydrogens is 488 g/mol. The van der Waals surface area contributed by atoms with Gasteiger partial charge in [-0.15, -0.1) is 0 Å². The van der Waals surface area contributed by atoms with Gasteiger partial charge in [0.1, 0.15) is 11.2 Å². The minimum absolute atomic E-state index is 0.987. The Balaban J connectivity index is 0.000000161. The average molecular weight is 521 g/mol. The normalized spacial score (nSPS) is 11.3. The Morgan fingerprint density at radius 1 is 0.425 bits per heavy atom. The summed E-state index contributed by atoms with van der Waals surface area (Å²) in [5.74, 6) is 12.2. The zero-order valence-corrected chi connectivity index (χ0v) is 23.3. The molecule has 0 spiro atoms. The molecule has 2 nitrogen and oxygen atoms in total. The van der Waals surface area contributed by atoms with Crippen LogP contribution < -0.4 is 0 Å². The molecular formula is C38H32O2. The van der Waals surface area contributed by atoms with Crippen LogP contribution >= 0.6 is 0 Å². The summed E-state index contributed by atoms with van der Waals surface area (Å²) in [4.78, 5) is 0. The van der Waals surface area contributed by atoms with E-state index in [0.29, 0.717) is 0 Å². The van der Waals surface area contributed by atoms with E-state index in [1.54, 1.807) is 27.7 Å². The number of hydrogen-bond acceptors (Lipinski definition) is 2. The first-order valence-electron chi connectivity index (χ1n) is 13.4. The molecule has 2 heteroatoms. The fourth-order valence-corrected chi connectivity index (χ4v) is 4.73. The zero-order chi connectivity index (χ0) is 28.3. The fraction of sp³-hybridized carbons (Fsp3) is 0.158. The summed E-state index contributed by atoms with van der Waals surface area (Å²) in [6.45, 7) is 6.81. The maximum atomic E-state index is 9.85. The lowest BCUT2D eigenvalue weighted by Crippen LogP contribution is -2.14. The molecule has 6 aromatic carbocycles. The van der Waals surface area contributed by atoms with Crippen molar-refractivity contribution < 1.29 is 10.2 Å². The van der Waals surface area contributed by atoms with E-state index in [1.807, 2.05) is 48.5 Å². The van der Waals surface area contributed by atoms with Crippen molar-refractivity contribution in [2.75, 3.05) is 0 Å². The van der Waals surface area contributed by atoms with Gasteiger partial charge in [0.2, 0.25) is 0 Å². The Hall–Kier alpha value is -4.60. The molecule has 0 aliphatic rings. The van der Waals surface area contributed by atoms with Crippen LogP contribution in [-0.4, -0.2) is 21.4 Å². The van der Waals surface area contributed by atoms with Gasteiger partial charge in [-0.2, -0.15) is 0 Å². The second-order valence-electron chi connectivity index (χ2n) is 11.0. The van der Waals surface area contributed by atoms with Gasteiger partial charge in [0.25, 0.3) is 0 Å². The molecule has 0 aliphatic carbocycles. The van der Waals surface area contributed by atoms with Crippen molar-refractivity contribution in [3.63, 3.8) is 0 Å². The Morgan fingerprint density at radius 3 is 0.925 bits per heavy atom. The van der Waals surface area contributed by atoms with Gasteiger partial charge in [0.15, 0.2) is 0 Å². The van der Waals surface area contributed by atoms with Crippen LogP contribution in [0.15, 0.2) is 109 Å². The van der Waals surface area contributed by atoms with E-state index >= 15 is 0 Å². The molecule has 0 bridgehead atoms. The molecule has 0 amide bonds. The summed E-state index contributed by atoms with van der Waals surface area (Å²) in [7, 11) is 0. The van der Waals surface area contributed by atoms with Crippen LogP contribution in [-0.2, 0) is 0 Å². The highest BCUT2D eigenvalue weighted by atomic mass is 16.3. The summed E-state index contributed by atoms with van der Waals surface area (Å²) >= 11 is 0. The standard InChI is InChI=1S/2C19H16O/c2*1-19(2,20)12-11-18-16-9-5-3-7-14(16)13-15-8-4-6-10-17(15)18/h2*3-10,13,20H,1-2H3. The highest BCUT2D eigenvalue weighted by Crippen LogP contribution is 2.29. The van der Waals surface area contributed by atoms with Crippen molar-refractivity contribution in [3.8, 4) is 23.7 Å². The van der Waals surface area contributed by atoms with Crippen molar-refractivity contribution in [2.45, 2.75) is 38.9 Å². The molecule has 0 saturated heterocycles. The van der Waals surface area contributed by atoms with Crippen molar-refractivity contribution >= 4 is 43.1 Å². The number of hydrogen-bond donors (Lipinski definition) is 2. The minimum Gasteiger partial charge on any atom is -0.378 e. The molecule has 0 unspecified atom stereocenters. The predicted octanol–water partition coefficient (Wildman–Crippen LogP) is 8.23. The van der Waals surface area contributed by atoms with Gasteiger partial charge in [-0.3, -0.25) is 0 Å². The molecule has 6 rings (SSSR count). The zero-order valence-electron chi connectivity index (χ0n) is 23.3. The van der Waals surface area contributed by atoms with Gasteiger partial charge < -0.3 is 10.2 Å². The van der Waals surface area contributed by atoms with E-state index in [2.05, 4.69) is 84.3 Å². The highest BCUT2D eigenvalue weighted by Gasteiger charge is 2.10. The third kappa shape index (κ3) is 6.17. The van der Waals surface area contributed by atoms with Crippen LogP contribution in [0.5, 0.6) is 0 Å². The van der Waals surface area contributed by atoms with Crippen LogP contribution in [0.4, 0.5) is 0 Å². The first-order valence-corrected chi connectivity index (χ1v) is 13.4. The van der Waals surface area contributed by atoms with Gasteiger partial charge in [0, 0.05) is 11.1 Å². The molecule has 0 saturated carbocycles. The predicted molar refractivity (Wildman–Crippen MR) is 169 cm³/mol. The van der Waals surface area contributed by atoms with Crippen LogP contribution in [0.2, 0.25) is 0 Å². The third-order valence-corrected chi connectivity index (χ3v) is 6.53. The van der Waals surface area contributed by atoms with Crippen molar-refractivity contribution in [2.24, 2.45) is 0 Å². The van der Waals surface area contributed by atoms with Gasteiger partial charge in [-0.05, 0) is 82.9 Å². The molecule has 196 valence electrons. The first-order chi connectivity index (χ1) is 19.1. The largest absolute Gasteiger partial charge is 0.378 e. The van der Waals surface area contributed by atoms with E-state index in [9.17, 15) is 10.2 Å². The molecule has 0 radical (unpaired) electrons. The van der Waals surface area contributed by atoms with E-state index in [-0.39, 0.29) is 0 Å². The molecule has 0 fully saturated rings. The summed E-state index contributed by atoms with van der Waals surface area (Å²) in [6, 6.07) is 37.3. The SMILES string of the molecule is CC(C)(O)C#Cc1c2ccccc2cc2ccccc12.CC(C)(O)C#Cc1c2ccccc2cc2ccccc12. The lowest BCUT2D eigenvalue weighted by molar-refractivity contribution is 0.143. The number of fused-ring (bicyclic) bond motifs is 4. The second kappa shape index (κ2) is 10.9. The fourth-order valence-electron chi connectivity index (χ4n) is 4.73. The Bertz CT molecular complexity index is 1720. The van der Waals surface area contributed by atoms with E-state index < -0.39 is 11.2 Å². The van der Waals surface area contributed by atoms with E-state index in [1.165, 1.54) is 21.5 Å². The topological polar surface area (TPSA) is 40.5 Å². The van der Waals surface area contributed by atoms with Crippen LogP contribution in [0.25, 0.3) is 43.1 Å². The number of aliphatic hydroxyl groups is 2. The van der Waals surface area contributed by atoms with E-state index in [0.717, 1.165) is 32.7 Å². The molecule has 2 N–H and O–H groups in total. The van der Waals surface area contributed by atoms with Crippen molar-refractivity contribution in [3.05, 3.63) is 120 Å². The van der Waals surface area contributed by atoms with E-state index in [4.69, 9.17) is 0 Å². The second-order valence-corrected chi connectivity index (χ2v) is 11.0. The number of benzene rings is 6. The van der Waals surface area contributed by atoms with Crippen molar-refractivity contribution in [1.82, 2.24) is 0 Å². The molecule has 0 aliphatic heterocycles. The summed E-state index contributed by atoms with van der Waals surface area (Å²) in [6.07, 6.45) is 0. The highest BCUT2D eigenvalue weighted by molar-refractivity contribution is 6.05. The quantitative estimate of drug-likeness (QED) is 0.156.